The zero-order valence-electron chi connectivity index (χ0n) is 8.17. The Labute approximate surface area is 74.3 Å². The molecule has 2 nitrogen and oxygen atoms in total. The van der Waals surface area contributed by atoms with Gasteiger partial charge < -0.3 is 4.74 Å². The van der Waals surface area contributed by atoms with Gasteiger partial charge in [-0.3, -0.25) is 4.79 Å². The third-order valence-electron chi connectivity index (χ3n) is 2.97. The van der Waals surface area contributed by atoms with E-state index in [4.69, 9.17) is 4.74 Å². The Bertz CT molecular complexity index is 163. The van der Waals surface area contributed by atoms with Crippen molar-refractivity contribution in [2.45, 2.75) is 46.1 Å². The minimum Gasteiger partial charge on any atom is -0.464 e. The van der Waals surface area contributed by atoms with E-state index in [2.05, 4.69) is 20.8 Å². The molecule has 0 spiro atoms. The lowest BCUT2D eigenvalue weighted by molar-refractivity contribution is -0.147. The quantitative estimate of drug-likeness (QED) is 0.595. The van der Waals surface area contributed by atoms with Crippen molar-refractivity contribution in [3.63, 3.8) is 0 Å². The standard InChI is InChI=1S/C10H18O2/c1-8-5-4-6-10(2,3)9(8)12-7-11/h7-9H,4-6H2,1-3H3/t8-,9+/m1/s1. The van der Waals surface area contributed by atoms with Gasteiger partial charge in [0, 0.05) is 5.41 Å². The predicted octanol–water partition coefficient (Wildman–Crippen LogP) is 2.37. The molecular weight excluding hydrogens is 152 g/mol. The van der Waals surface area contributed by atoms with Crippen LogP contribution in [0.25, 0.3) is 0 Å². The summed E-state index contributed by atoms with van der Waals surface area (Å²) in [4.78, 5) is 10.3. The maximum atomic E-state index is 10.3. The lowest BCUT2D eigenvalue weighted by atomic mass is 9.70. The number of rotatable bonds is 2. The highest BCUT2D eigenvalue weighted by atomic mass is 16.5. The molecule has 0 heterocycles. The van der Waals surface area contributed by atoms with Crippen molar-refractivity contribution in [1.82, 2.24) is 0 Å². The number of carbonyl (C=O) groups excluding carboxylic acids is 1. The molecule has 0 radical (unpaired) electrons. The molecule has 0 saturated heterocycles. The fraction of sp³-hybridized carbons (Fsp3) is 0.900. The molecule has 1 rings (SSSR count). The highest BCUT2D eigenvalue weighted by molar-refractivity contribution is 5.37. The minimum atomic E-state index is 0.115. The summed E-state index contributed by atoms with van der Waals surface area (Å²) in [5, 5.41) is 0. The van der Waals surface area contributed by atoms with Crippen molar-refractivity contribution >= 4 is 6.47 Å². The molecule has 1 aliphatic rings. The zero-order chi connectivity index (χ0) is 9.19. The van der Waals surface area contributed by atoms with E-state index >= 15 is 0 Å². The Balaban J connectivity index is 2.66. The van der Waals surface area contributed by atoms with Crippen molar-refractivity contribution < 1.29 is 9.53 Å². The highest BCUT2D eigenvalue weighted by Gasteiger charge is 2.38. The summed E-state index contributed by atoms with van der Waals surface area (Å²) in [6.07, 6.45) is 3.72. The third kappa shape index (κ3) is 1.79. The zero-order valence-corrected chi connectivity index (χ0v) is 8.17. The average molecular weight is 170 g/mol. The molecule has 1 aliphatic carbocycles. The molecule has 0 aliphatic heterocycles. The average Bonchev–Trinajstić information content (AvgIpc) is 1.97. The van der Waals surface area contributed by atoms with Gasteiger partial charge in [-0.2, -0.15) is 0 Å². The second kappa shape index (κ2) is 3.46. The summed E-state index contributed by atoms with van der Waals surface area (Å²) in [6.45, 7) is 7.11. The Kier molecular flexibility index (Phi) is 2.76. The van der Waals surface area contributed by atoms with Crippen molar-refractivity contribution in [3.05, 3.63) is 0 Å². The molecule has 70 valence electrons. The topological polar surface area (TPSA) is 26.3 Å². The van der Waals surface area contributed by atoms with Gasteiger partial charge >= 0.3 is 0 Å². The molecule has 0 unspecified atom stereocenters. The van der Waals surface area contributed by atoms with Crippen LogP contribution in [0.4, 0.5) is 0 Å². The van der Waals surface area contributed by atoms with Crippen LogP contribution in [-0.2, 0) is 9.53 Å². The normalized spacial score (nSPS) is 34.2. The smallest absolute Gasteiger partial charge is 0.293 e. The second-order valence-corrected chi connectivity index (χ2v) is 4.51. The van der Waals surface area contributed by atoms with Gasteiger partial charge in [-0.1, -0.05) is 27.2 Å². The lowest BCUT2D eigenvalue weighted by Gasteiger charge is -2.41. The SMILES string of the molecule is C[C@@H]1CCCC(C)(C)[C@H]1OC=O. The fourth-order valence-corrected chi connectivity index (χ4v) is 2.32. The summed E-state index contributed by atoms with van der Waals surface area (Å²) in [5.41, 5.74) is 0.165. The van der Waals surface area contributed by atoms with E-state index in [1.165, 1.54) is 12.8 Å². The van der Waals surface area contributed by atoms with Crippen LogP contribution in [-0.4, -0.2) is 12.6 Å². The number of hydrogen-bond donors (Lipinski definition) is 0. The summed E-state index contributed by atoms with van der Waals surface area (Å²) in [7, 11) is 0. The van der Waals surface area contributed by atoms with Gasteiger partial charge in [0.25, 0.3) is 6.47 Å². The Morgan fingerprint density at radius 1 is 1.50 bits per heavy atom. The van der Waals surface area contributed by atoms with Gasteiger partial charge in [0.15, 0.2) is 0 Å². The molecule has 2 heteroatoms. The molecule has 2 atom stereocenters. The van der Waals surface area contributed by atoms with Crippen molar-refractivity contribution in [3.8, 4) is 0 Å². The Hall–Kier alpha value is -0.530. The first-order chi connectivity index (χ1) is 5.58. The van der Waals surface area contributed by atoms with Gasteiger partial charge in [0.2, 0.25) is 0 Å². The summed E-state index contributed by atoms with van der Waals surface area (Å²) >= 11 is 0. The molecule has 0 bridgehead atoms. The molecule has 0 aromatic rings. The Morgan fingerprint density at radius 3 is 2.67 bits per heavy atom. The molecular formula is C10H18O2. The first-order valence-electron chi connectivity index (χ1n) is 4.67. The van der Waals surface area contributed by atoms with Crippen LogP contribution in [0, 0.1) is 11.3 Å². The van der Waals surface area contributed by atoms with Crippen molar-refractivity contribution in [2.75, 3.05) is 0 Å². The molecule has 1 saturated carbocycles. The molecule has 0 aromatic carbocycles. The molecule has 0 aromatic heterocycles. The van der Waals surface area contributed by atoms with Gasteiger partial charge in [-0.25, -0.2) is 0 Å². The summed E-state index contributed by atoms with van der Waals surface area (Å²) < 4.78 is 5.13. The predicted molar refractivity (Wildman–Crippen MR) is 47.7 cm³/mol. The van der Waals surface area contributed by atoms with E-state index in [0.29, 0.717) is 12.4 Å². The first-order valence-corrected chi connectivity index (χ1v) is 4.67. The number of ether oxygens (including phenoxy) is 1. The number of hydrogen-bond acceptors (Lipinski definition) is 2. The van der Waals surface area contributed by atoms with E-state index in [9.17, 15) is 4.79 Å². The molecule has 0 N–H and O–H groups in total. The van der Waals surface area contributed by atoms with Crippen molar-refractivity contribution in [1.29, 1.82) is 0 Å². The van der Waals surface area contributed by atoms with Crippen LogP contribution in [0.1, 0.15) is 40.0 Å². The van der Waals surface area contributed by atoms with Gasteiger partial charge in [0.1, 0.15) is 6.10 Å². The molecule has 12 heavy (non-hydrogen) atoms. The van der Waals surface area contributed by atoms with E-state index < -0.39 is 0 Å². The van der Waals surface area contributed by atoms with E-state index in [-0.39, 0.29) is 11.5 Å². The van der Waals surface area contributed by atoms with Crippen LogP contribution in [0.3, 0.4) is 0 Å². The molecule has 0 amide bonds. The van der Waals surface area contributed by atoms with Crippen LogP contribution >= 0.6 is 0 Å². The summed E-state index contributed by atoms with van der Waals surface area (Å²) in [6, 6.07) is 0. The Morgan fingerprint density at radius 2 is 2.17 bits per heavy atom. The second-order valence-electron chi connectivity index (χ2n) is 4.51. The lowest BCUT2D eigenvalue weighted by Crippen LogP contribution is -2.40. The van der Waals surface area contributed by atoms with Crippen LogP contribution in [0.5, 0.6) is 0 Å². The fourth-order valence-electron chi connectivity index (χ4n) is 2.32. The monoisotopic (exact) mass is 170 g/mol. The highest BCUT2D eigenvalue weighted by Crippen LogP contribution is 2.40. The summed E-state index contributed by atoms with van der Waals surface area (Å²) in [5.74, 6) is 0.513. The van der Waals surface area contributed by atoms with Gasteiger partial charge in [0.05, 0.1) is 0 Å². The number of carbonyl (C=O) groups is 1. The van der Waals surface area contributed by atoms with E-state index in [1.54, 1.807) is 0 Å². The third-order valence-corrected chi connectivity index (χ3v) is 2.97. The first kappa shape index (κ1) is 9.56. The molecule has 1 fully saturated rings. The minimum absolute atomic E-state index is 0.115. The van der Waals surface area contributed by atoms with Gasteiger partial charge in [-0.05, 0) is 18.8 Å². The van der Waals surface area contributed by atoms with Crippen molar-refractivity contribution in [2.24, 2.45) is 11.3 Å². The van der Waals surface area contributed by atoms with Crippen LogP contribution < -0.4 is 0 Å². The van der Waals surface area contributed by atoms with Crippen LogP contribution in [0.2, 0.25) is 0 Å². The van der Waals surface area contributed by atoms with Gasteiger partial charge in [-0.15, -0.1) is 0 Å². The largest absolute Gasteiger partial charge is 0.464 e. The maximum absolute atomic E-state index is 10.3. The van der Waals surface area contributed by atoms with E-state index in [0.717, 1.165) is 6.42 Å². The van der Waals surface area contributed by atoms with Crippen LogP contribution in [0.15, 0.2) is 0 Å². The van der Waals surface area contributed by atoms with E-state index in [1.807, 2.05) is 0 Å². The maximum Gasteiger partial charge on any atom is 0.293 e.